The molecule has 0 aromatic heterocycles. The second-order valence-electron chi connectivity index (χ2n) is 8.85. The Balaban J connectivity index is 2.12. The Morgan fingerprint density at radius 1 is 0.943 bits per heavy atom. The van der Waals surface area contributed by atoms with Crippen LogP contribution in [0.3, 0.4) is 0 Å². The van der Waals surface area contributed by atoms with Crippen LogP contribution in [0.4, 0.5) is 5.69 Å². The van der Waals surface area contributed by atoms with Crippen LogP contribution in [0.25, 0.3) is 0 Å². The molecular weight excluding hydrogens is 448 g/mol. The van der Waals surface area contributed by atoms with Crippen molar-refractivity contribution in [3.63, 3.8) is 0 Å². The smallest absolute Gasteiger partial charge is 0.254 e. The number of aliphatic hydroxyl groups excluding tert-OH is 1. The van der Waals surface area contributed by atoms with Crippen molar-refractivity contribution in [1.82, 2.24) is 15.5 Å². The maximum absolute atomic E-state index is 13.6. The molecule has 9 nitrogen and oxygen atoms in total. The van der Waals surface area contributed by atoms with Gasteiger partial charge in [0.25, 0.3) is 5.91 Å². The predicted octanol–water partition coefficient (Wildman–Crippen LogP) is 1.85. The van der Waals surface area contributed by atoms with Crippen molar-refractivity contribution < 1.29 is 24.3 Å². The fourth-order valence-electron chi connectivity index (χ4n) is 4.02. The number of likely N-dealkylation sites (N-methyl/N-ethyl adjacent to an activating group) is 1. The normalized spacial score (nSPS) is 23.5. The Hall–Kier alpha value is -3.72. The molecule has 9 heteroatoms. The number of fused-ring (bicyclic) bond motifs is 1. The van der Waals surface area contributed by atoms with Crippen molar-refractivity contribution in [2.45, 2.75) is 51.4 Å². The zero-order chi connectivity index (χ0) is 25.7. The minimum Gasteiger partial charge on any atom is -0.386 e. The molecule has 4 amide bonds. The van der Waals surface area contributed by atoms with E-state index in [2.05, 4.69) is 16.0 Å². The zero-order valence-electron chi connectivity index (χ0n) is 20.3. The van der Waals surface area contributed by atoms with Crippen molar-refractivity contribution in [2.24, 2.45) is 5.92 Å². The van der Waals surface area contributed by atoms with Gasteiger partial charge in [-0.25, -0.2) is 0 Å². The molecule has 0 bridgehead atoms. The summed E-state index contributed by atoms with van der Waals surface area (Å²) in [6, 6.07) is 11.7. The number of rotatable bonds is 4. The largest absolute Gasteiger partial charge is 0.386 e. The second kappa shape index (κ2) is 11.1. The zero-order valence-corrected chi connectivity index (χ0v) is 20.3. The quantitative estimate of drug-likeness (QED) is 0.531. The number of carbonyl (C=O) groups excluding carboxylic acids is 4. The van der Waals surface area contributed by atoms with E-state index in [4.69, 9.17) is 0 Å². The highest BCUT2D eigenvalue weighted by molar-refractivity contribution is 6.07. The van der Waals surface area contributed by atoms with E-state index in [1.165, 1.54) is 24.9 Å². The summed E-state index contributed by atoms with van der Waals surface area (Å²) in [7, 11) is 1.43. The summed E-state index contributed by atoms with van der Waals surface area (Å²) in [6.07, 6.45) is -0.780. The number of nitrogens with one attached hydrogen (secondary N) is 3. The van der Waals surface area contributed by atoms with Gasteiger partial charge in [-0.05, 0) is 30.5 Å². The van der Waals surface area contributed by atoms with Gasteiger partial charge in [0, 0.05) is 7.05 Å². The summed E-state index contributed by atoms with van der Waals surface area (Å²) >= 11 is 0. The average Bonchev–Trinajstić information content (AvgIpc) is 2.86. The molecule has 3 rings (SSSR count). The standard InChI is InChI=1S/C26H32N4O5/c1-5-15(2)20-26(35)30(4)21(22(31)17-11-7-6-8-12-17)25(34)28-19-14-10-9-13-18(19)24(33)27-16(3)23(32)29-20/h6-16,20-22,31H,5H2,1-4H3,(H,27,33)(H,28,34)(H,29,32)/t15-,16+,20+,21+,22-/m0/s1. The predicted molar refractivity (Wildman–Crippen MR) is 131 cm³/mol. The van der Waals surface area contributed by atoms with Crippen LogP contribution in [0.15, 0.2) is 54.6 Å². The number of amides is 4. The van der Waals surface area contributed by atoms with Crippen LogP contribution in [-0.4, -0.2) is 58.8 Å². The lowest BCUT2D eigenvalue weighted by Crippen LogP contribution is -2.58. The van der Waals surface area contributed by atoms with Gasteiger partial charge in [0.2, 0.25) is 17.7 Å². The van der Waals surface area contributed by atoms with Crippen molar-refractivity contribution in [1.29, 1.82) is 0 Å². The third kappa shape index (κ3) is 5.68. The molecule has 2 aromatic carbocycles. The van der Waals surface area contributed by atoms with E-state index in [1.807, 2.05) is 13.8 Å². The Labute approximate surface area is 204 Å². The minimum atomic E-state index is -1.36. The molecule has 186 valence electrons. The van der Waals surface area contributed by atoms with Crippen LogP contribution in [0.2, 0.25) is 0 Å². The van der Waals surface area contributed by atoms with Crippen molar-refractivity contribution in [2.75, 3.05) is 12.4 Å². The molecular formula is C26H32N4O5. The van der Waals surface area contributed by atoms with Crippen LogP contribution >= 0.6 is 0 Å². The van der Waals surface area contributed by atoms with Gasteiger partial charge in [-0.2, -0.15) is 0 Å². The molecule has 2 aromatic rings. The number of benzene rings is 2. The van der Waals surface area contributed by atoms with Gasteiger partial charge in [-0.1, -0.05) is 62.7 Å². The minimum absolute atomic E-state index is 0.153. The van der Waals surface area contributed by atoms with Crippen LogP contribution in [0, 0.1) is 5.92 Å². The maximum Gasteiger partial charge on any atom is 0.254 e. The van der Waals surface area contributed by atoms with Gasteiger partial charge in [0.15, 0.2) is 0 Å². The second-order valence-corrected chi connectivity index (χ2v) is 8.85. The van der Waals surface area contributed by atoms with E-state index in [9.17, 15) is 24.3 Å². The molecule has 0 aliphatic carbocycles. The Morgan fingerprint density at radius 2 is 1.57 bits per heavy atom. The number of nitrogens with zero attached hydrogens (tertiary/aromatic N) is 1. The number of hydrogen-bond donors (Lipinski definition) is 4. The summed E-state index contributed by atoms with van der Waals surface area (Å²) < 4.78 is 0. The fraction of sp³-hybridized carbons (Fsp3) is 0.385. The first kappa shape index (κ1) is 25.9. The SMILES string of the molecule is CC[C@H](C)[C@H]1NC(=O)[C@@H](C)NC(=O)c2ccccc2NC(=O)[C@@H]([C@@H](O)c2ccccc2)N(C)C1=O. The first-order chi connectivity index (χ1) is 16.6. The van der Waals surface area contributed by atoms with Gasteiger partial charge < -0.3 is 26.0 Å². The lowest BCUT2D eigenvalue weighted by molar-refractivity contribution is -0.145. The topological polar surface area (TPSA) is 128 Å². The molecule has 35 heavy (non-hydrogen) atoms. The number of aliphatic hydroxyl groups is 1. The van der Waals surface area contributed by atoms with Gasteiger partial charge in [-0.15, -0.1) is 0 Å². The van der Waals surface area contributed by atoms with E-state index >= 15 is 0 Å². The lowest BCUT2D eigenvalue weighted by Gasteiger charge is -2.35. The number of carbonyl (C=O) groups is 4. The first-order valence-electron chi connectivity index (χ1n) is 11.7. The van der Waals surface area contributed by atoms with Gasteiger partial charge in [0.05, 0.1) is 11.3 Å². The van der Waals surface area contributed by atoms with Gasteiger partial charge >= 0.3 is 0 Å². The van der Waals surface area contributed by atoms with E-state index in [0.29, 0.717) is 12.0 Å². The molecule has 1 aliphatic rings. The van der Waals surface area contributed by atoms with Gasteiger partial charge in [-0.3, -0.25) is 19.2 Å². The lowest BCUT2D eigenvalue weighted by atomic mass is 9.95. The molecule has 0 saturated heterocycles. The monoisotopic (exact) mass is 480 g/mol. The molecule has 0 unspecified atom stereocenters. The number of hydrogen-bond acceptors (Lipinski definition) is 5. The van der Waals surface area contributed by atoms with E-state index in [1.54, 1.807) is 48.5 Å². The summed E-state index contributed by atoms with van der Waals surface area (Å²) in [5.41, 5.74) is 0.798. The van der Waals surface area contributed by atoms with Crippen LogP contribution in [-0.2, 0) is 14.4 Å². The Kier molecular flexibility index (Phi) is 8.24. The highest BCUT2D eigenvalue weighted by atomic mass is 16.3. The third-order valence-corrected chi connectivity index (χ3v) is 6.42. The summed E-state index contributed by atoms with van der Waals surface area (Å²) in [6.45, 7) is 5.23. The molecule has 5 atom stereocenters. The Bertz CT molecular complexity index is 1090. The summed E-state index contributed by atoms with van der Waals surface area (Å²) in [5, 5.41) is 19.3. The molecule has 1 aliphatic heterocycles. The summed E-state index contributed by atoms with van der Waals surface area (Å²) in [5.74, 6) is -2.53. The number of anilines is 1. The van der Waals surface area contributed by atoms with Crippen LogP contribution < -0.4 is 16.0 Å². The van der Waals surface area contributed by atoms with Crippen LogP contribution in [0.1, 0.15) is 49.2 Å². The molecule has 0 spiro atoms. The highest BCUT2D eigenvalue weighted by Gasteiger charge is 2.39. The van der Waals surface area contributed by atoms with Gasteiger partial charge in [0.1, 0.15) is 24.2 Å². The van der Waals surface area contributed by atoms with Crippen molar-refractivity contribution >= 4 is 29.3 Å². The fourth-order valence-corrected chi connectivity index (χ4v) is 4.02. The molecule has 0 radical (unpaired) electrons. The van der Waals surface area contributed by atoms with Crippen molar-refractivity contribution in [3.05, 3.63) is 65.7 Å². The summed E-state index contributed by atoms with van der Waals surface area (Å²) in [4.78, 5) is 54.2. The maximum atomic E-state index is 13.6. The van der Waals surface area contributed by atoms with E-state index < -0.39 is 47.9 Å². The molecule has 0 saturated carbocycles. The molecule has 1 heterocycles. The Morgan fingerprint density at radius 3 is 2.23 bits per heavy atom. The number of para-hydroxylation sites is 1. The average molecular weight is 481 g/mol. The van der Waals surface area contributed by atoms with E-state index in [-0.39, 0.29) is 17.2 Å². The van der Waals surface area contributed by atoms with Crippen LogP contribution in [0.5, 0.6) is 0 Å². The molecule has 0 fully saturated rings. The first-order valence-corrected chi connectivity index (χ1v) is 11.7. The molecule has 4 N–H and O–H groups in total. The third-order valence-electron chi connectivity index (χ3n) is 6.42. The van der Waals surface area contributed by atoms with E-state index in [0.717, 1.165) is 0 Å². The highest BCUT2D eigenvalue weighted by Crippen LogP contribution is 2.25. The van der Waals surface area contributed by atoms with Crippen molar-refractivity contribution in [3.8, 4) is 0 Å².